The predicted molar refractivity (Wildman–Crippen MR) is 113 cm³/mol. The van der Waals surface area contributed by atoms with E-state index in [0.717, 1.165) is 45.6 Å². The lowest BCUT2D eigenvalue weighted by Gasteiger charge is -2.34. The van der Waals surface area contributed by atoms with Crippen LogP contribution in [0.2, 0.25) is 5.02 Å². The third-order valence-electron chi connectivity index (χ3n) is 6.42. The second-order valence-corrected chi connectivity index (χ2v) is 8.57. The number of aryl methyl sites for hydroxylation is 1. The molecule has 3 aromatic rings. The number of nitrogens with zero attached hydrogens (tertiary/aromatic N) is 4. The van der Waals surface area contributed by atoms with Crippen LogP contribution < -0.4 is 9.22 Å². The highest BCUT2D eigenvalue weighted by Gasteiger charge is 2.55. The number of rotatable bonds is 6. The number of imidazole rings is 1. The van der Waals surface area contributed by atoms with Gasteiger partial charge in [-0.25, -0.2) is 4.98 Å². The number of quaternary nitrogens is 1. The van der Waals surface area contributed by atoms with Crippen molar-refractivity contribution in [2.75, 3.05) is 14.2 Å². The Morgan fingerprint density at radius 2 is 1.93 bits per heavy atom. The van der Waals surface area contributed by atoms with Crippen LogP contribution in [0.25, 0.3) is 16.9 Å². The molecule has 1 aromatic carbocycles. The molecule has 2 aliphatic carbocycles. The quantitative estimate of drug-likeness (QED) is 0.556. The molecule has 6 heteroatoms. The van der Waals surface area contributed by atoms with E-state index in [9.17, 15) is 0 Å². The molecule has 0 atom stereocenters. The van der Waals surface area contributed by atoms with Crippen LogP contribution >= 0.6 is 11.6 Å². The molecule has 2 saturated carbocycles. The third kappa shape index (κ3) is 2.64. The molecule has 28 heavy (non-hydrogen) atoms. The number of halogens is 1. The first kappa shape index (κ1) is 18.0. The number of hydrogen-bond donors (Lipinski definition) is 0. The number of hydrogen-bond acceptors (Lipinski definition) is 3. The van der Waals surface area contributed by atoms with E-state index in [4.69, 9.17) is 21.3 Å². The maximum Gasteiger partial charge on any atom is 0.236 e. The normalized spacial score (nSPS) is 17.3. The zero-order valence-electron chi connectivity index (χ0n) is 16.7. The third-order valence-corrected chi connectivity index (χ3v) is 6.73. The van der Waals surface area contributed by atoms with Crippen LogP contribution in [0.3, 0.4) is 0 Å². The molecule has 0 aliphatic heterocycles. The Kier molecular flexibility index (Phi) is 4.14. The molecule has 0 bridgehead atoms. The molecule has 0 amide bonds. The van der Waals surface area contributed by atoms with Crippen LogP contribution in [0.1, 0.15) is 38.3 Å². The summed E-state index contributed by atoms with van der Waals surface area (Å²) < 4.78 is 8.59. The van der Waals surface area contributed by atoms with E-state index in [0.29, 0.717) is 5.02 Å². The van der Waals surface area contributed by atoms with Crippen molar-refractivity contribution >= 4 is 23.1 Å². The van der Waals surface area contributed by atoms with Gasteiger partial charge in [0.2, 0.25) is 5.82 Å². The van der Waals surface area contributed by atoms with Gasteiger partial charge in [0.05, 0.1) is 31.3 Å². The molecule has 146 valence electrons. The molecule has 2 fully saturated rings. The maximum atomic E-state index is 6.57. The minimum Gasteiger partial charge on any atom is -0.497 e. The Hall–Kier alpha value is -2.11. The van der Waals surface area contributed by atoms with E-state index in [-0.39, 0.29) is 0 Å². The Bertz CT molecular complexity index is 1040. The fourth-order valence-electron chi connectivity index (χ4n) is 4.63. The minimum atomic E-state index is 0.629. The average Bonchev–Trinajstić information content (AvgIpc) is 3.61. The topological polar surface area (TPSA) is 39.4 Å². The summed E-state index contributed by atoms with van der Waals surface area (Å²) in [6.45, 7) is 2.20. The smallest absolute Gasteiger partial charge is 0.236 e. The molecule has 0 saturated heterocycles. The van der Waals surface area contributed by atoms with E-state index in [1.165, 1.54) is 37.2 Å². The van der Waals surface area contributed by atoms with E-state index < -0.39 is 0 Å². The zero-order chi connectivity index (χ0) is 19.5. The van der Waals surface area contributed by atoms with Gasteiger partial charge in [-0.1, -0.05) is 18.5 Å². The fraction of sp³-hybridized carbons (Fsp3) is 0.455. The van der Waals surface area contributed by atoms with Crippen LogP contribution in [-0.4, -0.2) is 40.6 Å². The van der Waals surface area contributed by atoms with Gasteiger partial charge in [-0.15, -0.1) is 0 Å². The van der Waals surface area contributed by atoms with Gasteiger partial charge in [0.15, 0.2) is 5.65 Å². The summed E-state index contributed by atoms with van der Waals surface area (Å²) in [5.41, 5.74) is 3.79. The van der Waals surface area contributed by atoms with E-state index in [1.54, 1.807) is 7.11 Å². The van der Waals surface area contributed by atoms with Crippen molar-refractivity contribution in [1.29, 1.82) is 0 Å². The number of methoxy groups -OCH3 is 1. The highest BCUT2D eigenvalue weighted by atomic mass is 35.5. The predicted octanol–water partition coefficient (Wildman–Crippen LogP) is 4.88. The summed E-state index contributed by atoms with van der Waals surface area (Å²) in [7, 11) is 4.06. The summed E-state index contributed by atoms with van der Waals surface area (Å²) in [4.78, 5) is 9.74. The first-order valence-corrected chi connectivity index (χ1v) is 10.5. The van der Waals surface area contributed by atoms with Crippen LogP contribution in [0, 0.1) is 0 Å². The average molecular weight is 398 g/mol. The van der Waals surface area contributed by atoms with Gasteiger partial charge in [0.25, 0.3) is 0 Å². The van der Waals surface area contributed by atoms with Crippen molar-refractivity contribution in [1.82, 2.24) is 18.9 Å². The minimum absolute atomic E-state index is 0.629. The van der Waals surface area contributed by atoms with Gasteiger partial charge in [-0.05, 0) is 24.6 Å². The first-order valence-electron chi connectivity index (χ1n) is 10.1. The van der Waals surface area contributed by atoms with Crippen LogP contribution in [-0.2, 0) is 6.42 Å². The van der Waals surface area contributed by atoms with Gasteiger partial charge in [0.1, 0.15) is 17.1 Å². The molecule has 0 spiro atoms. The monoisotopic (exact) mass is 397 g/mol. The molecule has 2 heterocycles. The maximum absolute atomic E-state index is 6.57. The summed E-state index contributed by atoms with van der Waals surface area (Å²) in [5, 5.41) is 0.629. The molecular formula is C22H26ClN4O+. The second-order valence-electron chi connectivity index (χ2n) is 8.16. The molecule has 5 nitrogen and oxygen atoms in total. The van der Waals surface area contributed by atoms with Gasteiger partial charge >= 0.3 is 0 Å². The van der Waals surface area contributed by atoms with Crippen molar-refractivity contribution in [3.63, 3.8) is 0 Å². The Morgan fingerprint density at radius 1 is 1.21 bits per heavy atom. The van der Waals surface area contributed by atoms with Crippen LogP contribution in [0.5, 0.6) is 5.75 Å². The molecule has 0 radical (unpaired) electrons. The molecule has 2 aliphatic rings. The lowest BCUT2D eigenvalue weighted by Crippen LogP contribution is -2.50. The van der Waals surface area contributed by atoms with Crippen molar-refractivity contribution in [2.24, 2.45) is 0 Å². The summed E-state index contributed by atoms with van der Waals surface area (Å²) in [5.74, 6) is 2.08. The highest BCUT2D eigenvalue weighted by molar-refractivity contribution is 6.33. The number of ether oxygens (including phenoxy) is 1. The molecular weight excluding hydrogens is 372 g/mol. The van der Waals surface area contributed by atoms with Gasteiger partial charge in [0, 0.05) is 43.6 Å². The Morgan fingerprint density at radius 3 is 2.50 bits per heavy atom. The van der Waals surface area contributed by atoms with Crippen molar-refractivity contribution < 1.29 is 4.74 Å². The molecule has 5 rings (SSSR count). The van der Waals surface area contributed by atoms with E-state index >= 15 is 0 Å². The van der Waals surface area contributed by atoms with Crippen molar-refractivity contribution in [3.8, 4) is 17.0 Å². The summed E-state index contributed by atoms with van der Waals surface area (Å²) in [6.07, 6.45) is 10.1. The zero-order valence-corrected chi connectivity index (χ0v) is 17.4. The lowest BCUT2D eigenvalue weighted by atomic mass is 10.1. The molecule has 0 unspecified atom stereocenters. The van der Waals surface area contributed by atoms with E-state index in [1.807, 2.05) is 24.4 Å². The molecule has 0 N–H and O–H groups in total. The highest BCUT2D eigenvalue weighted by Crippen LogP contribution is 2.48. The van der Waals surface area contributed by atoms with Crippen LogP contribution in [0.15, 0.2) is 30.6 Å². The van der Waals surface area contributed by atoms with E-state index in [2.05, 4.69) is 29.6 Å². The number of aromatic nitrogens is 3. The van der Waals surface area contributed by atoms with Crippen molar-refractivity contribution in [3.05, 3.63) is 41.3 Å². The second kappa shape index (κ2) is 6.46. The van der Waals surface area contributed by atoms with Gasteiger partial charge < -0.3 is 4.74 Å². The lowest BCUT2D eigenvalue weighted by molar-refractivity contribution is 0.297. The number of fused-ring (bicyclic) bond motifs is 1. The first-order chi connectivity index (χ1) is 13.6. The summed E-state index contributed by atoms with van der Waals surface area (Å²) in [6, 6.07) is 7.17. The number of benzene rings is 1. The largest absolute Gasteiger partial charge is 0.497 e. The SMILES string of the molecule is CCc1nc2c(-c3ccc(OC)cc3Cl)nccn2c1[N+](C)(C1CC1)C1CC1. The standard InChI is InChI=1S/C22H26ClN4O/c1-4-19-22(27(2,14-5-6-14)15-7-8-15)26-12-11-24-20(21(26)25-19)17-10-9-16(28-3)13-18(17)23/h9-15H,4-8H2,1-3H3/q+1. The van der Waals surface area contributed by atoms with Crippen LogP contribution in [0.4, 0.5) is 5.82 Å². The van der Waals surface area contributed by atoms with Gasteiger partial charge in [-0.3, -0.25) is 13.9 Å². The molecule has 2 aromatic heterocycles. The van der Waals surface area contributed by atoms with Gasteiger partial charge in [-0.2, -0.15) is 0 Å². The Balaban J connectivity index is 1.73. The van der Waals surface area contributed by atoms with Crippen molar-refractivity contribution in [2.45, 2.75) is 51.1 Å². The fourth-order valence-corrected chi connectivity index (χ4v) is 4.89. The Labute approximate surface area is 170 Å². The summed E-state index contributed by atoms with van der Waals surface area (Å²) >= 11 is 6.57.